The van der Waals surface area contributed by atoms with E-state index in [2.05, 4.69) is 27.2 Å². The highest BCUT2D eigenvalue weighted by Gasteiger charge is 2.33. The number of carbonyl (C=O) groups excluding carboxylic acids is 2. The average Bonchev–Trinajstić information content (AvgIpc) is 3.18. The molecule has 1 aromatic heterocycles. The minimum absolute atomic E-state index is 0.218. The molecular formula is C23H21ClN4O3. The summed E-state index contributed by atoms with van der Waals surface area (Å²) in [4.78, 5) is 31.7. The van der Waals surface area contributed by atoms with E-state index in [1.54, 1.807) is 48.7 Å². The van der Waals surface area contributed by atoms with Crippen LogP contribution in [0.3, 0.4) is 0 Å². The van der Waals surface area contributed by atoms with Crippen LogP contribution in [0.25, 0.3) is 17.1 Å². The van der Waals surface area contributed by atoms with Crippen LogP contribution in [0.4, 0.5) is 0 Å². The molecular weight excluding hydrogens is 416 g/mol. The van der Waals surface area contributed by atoms with Crippen molar-refractivity contribution in [1.29, 1.82) is 0 Å². The summed E-state index contributed by atoms with van der Waals surface area (Å²) in [5.41, 5.74) is 3.14. The molecule has 3 unspecified atom stereocenters. The number of nitrogens with one attached hydrogen (secondary N) is 3. The normalized spacial score (nSPS) is 19.2. The summed E-state index contributed by atoms with van der Waals surface area (Å²) in [5, 5.41) is 17.0. The number of amides is 1. The van der Waals surface area contributed by atoms with Gasteiger partial charge in [0.1, 0.15) is 11.7 Å². The van der Waals surface area contributed by atoms with Crippen LogP contribution in [-0.4, -0.2) is 39.9 Å². The molecule has 4 rings (SSSR count). The van der Waals surface area contributed by atoms with Crippen molar-refractivity contribution in [2.75, 3.05) is 6.54 Å². The Labute approximate surface area is 183 Å². The van der Waals surface area contributed by atoms with Crippen molar-refractivity contribution in [3.63, 3.8) is 0 Å². The van der Waals surface area contributed by atoms with Crippen molar-refractivity contribution in [3.05, 3.63) is 82.8 Å². The zero-order chi connectivity index (χ0) is 22.0. The Morgan fingerprint density at radius 2 is 2.13 bits per heavy atom. The van der Waals surface area contributed by atoms with E-state index in [1.165, 1.54) is 0 Å². The van der Waals surface area contributed by atoms with Gasteiger partial charge >= 0.3 is 0 Å². The molecule has 8 heteroatoms. The summed E-state index contributed by atoms with van der Waals surface area (Å²) in [5.74, 6) is -0.406. The van der Waals surface area contributed by atoms with Crippen molar-refractivity contribution in [3.8, 4) is 0 Å². The highest BCUT2D eigenvalue weighted by molar-refractivity contribution is 6.30. The number of hydrogen-bond donors (Lipinski definition) is 4. The van der Waals surface area contributed by atoms with Gasteiger partial charge in [-0.3, -0.25) is 9.59 Å². The highest BCUT2D eigenvalue weighted by Crippen LogP contribution is 2.26. The van der Waals surface area contributed by atoms with Gasteiger partial charge in [0.05, 0.1) is 17.1 Å². The summed E-state index contributed by atoms with van der Waals surface area (Å²) >= 11 is 6.01. The van der Waals surface area contributed by atoms with Gasteiger partial charge in [-0.25, -0.2) is 4.98 Å². The Balaban J connectivity index is 1.59. The second kappa shape index (κ2) is 8.85. The van der Waals surface area contributed by atoms with Crippen LogP contribution in [0.1, 0.15) is 39.3 Å². The van der Waals surface area contributed by atoms with Gasteiger partial charge in [0.2, 0.25) is 5.91 Å². The van der Waals surface area contributed by atoms with E-state index in [4.69, 9.17) is 11.6 Å². The number of imidazole rings is 1. The van der Waals surface area contributed by atoms with E-state index >= 15 is 0 Å². The monoisotopic (exact) mass is 436 g/mol. The number of aliphatic hydroxyl groups is 1. The number of aromatic amines is 1. The van der Waals surface area contributed by atoms with Crippen LogP contribution in [0, 0.1) is 0 Å². The van der Waals surface area contributed by atoms with Crippen molar-refractivity contribution < 1.29 is 14.7 Å². The Morgan fingerprint density at radius 1 is 1.29 bits per heavy atom. The molecule has 0 bridgehead atoms. The molecule has 1 aliphatic rings. The Bertz CT molecular complexity index is 1140. The van der Waals surface area contributed by atoms with Crippen LogP contribution in [0.2, 0.25) is 5.02 Å². The molecule has 0 radical (unpaired) electrons. The fourth-order valence-corrected chi connectivity index (χ4v) is 3.89. The number of rotatable bonds is 7. The fraction of sp³-hybridized carbons (Fsp3) is 0.174. The first-order valence-electron chi connectivity index (χ1n) is 9.75. The van der Waals surface area contributed by atoms with Crippen molar-refractivity contribution >= 4 is 40.9 Å². The van der Waals surface area contributed by atoms with E-state index in [0.717, 1.165) is 6.29 Å². The van der Waals surface area contributed by atoms with Gasteiger partial charge in [0.15, 0.2) is 6.29 Å². The SMILES string of the molecule is C=Cc1cc2nc(C3C(=O)NC=CC3NCC(O)c3cccc(Cl)c3)[nH]c2cc1C=O. The first-order valence-corrected chi connectivity index (χ1v) is 10.1. The Morgan fingerprint density at radius 3 is 2.87 bits per heavy atom. The zero-order valence-electron chi connectivity index (χ0n) is 16.5. The number of nitrogens with zero attached hydrogens (tertiary/aromatic N) is 1. The standard InChI is InChI=1S/C23H21ClN4O3/c1-2-13-9-18-19(10-15(13)12-29)28-22(27-18)21-17(6-7-25-23(21)31)26-11-20(30)14-4-3-5-16(24)8-14/h2-10,12,17,20-21,26,30H,1,11H2,(H,25,31)(H,27,28). The van der Waals surface area contributed by atoms with Gasteiger partial charge in [-0.2, -0.15) is 0 Å². The number of halogens is 1. The lowest BCUT2D eigenvalue weighted by atomic mass is 9.95. The van der Waals surface area contributed by atoms with E-state index in [-0.39, 0.29) is 12.5 Å². The molecule has 0 saturated heterocycles. The van der Waals surface area contributed by atoms with E-state index in [1.807, 2.05) is 6.08 Å². The fourth-order valence-electron chi connectivity index (χ4n) is 3.69. The number of hydrogen-bond acceptors (Lipinski definition) is 5. The Hall–Kier alpha value is -3.26. The predicted molar refractivity (Wildman–Crippen MR) is 120 cm³/mol. The zero-order valence-corrected chi connectivity index (χ0v) is 17.3. The molecule has 4 N–H and O–H groups in total. The molecule has 0 saturated carbocycles. The molecule has 0 fully saturated rings. The third kappa shape index (κ3) is 4.29. The molecule has 0 aliphatic carbocycles. The van der Waals surface area contributed by atoms with Crippen LogP contribution in [0.5, 0.6) is 0 Å². The molecule has 1 aliphatic heterocycles. The molecule has 31 heavy (non-hydrogen) atoms. The third-order valence-electron chi connectivity index (χ3n) is 5.30. The minimum Gasteiger partial charge on any atom is -0.387 e. The lowest BCUT2D eigenvalue weighted by molar-refractivity contribution is -0.122. The number of fused-ring (bicyclic) bond motifs is 1. The second-order valence-corrected chi connectivity index (χ2v) is 7.73. The summed E-state index contributed by atoms with van der Waals surface area (Å²) < 4.78 is 0. The molecule has 3 atom stereocenters. The largest absolute Gasteiger partial charge is 0.387 e. The highest BCUT2D eigenvalue weighted by atomic mass is 35.5. The number of benzene rings is 2. The molecule has 158 valence electrons. The van der Waals surface area contributed by atoms with E-state index in [9.17, 15) is 14.7 Å². The van der Waals surface area contributed by atoms with Gasteiger partial charge in [-0.15, -0.1) is 0 Å². The summed E-state index contributed by atoms with van der Waals surface area (Å²) in [6.07, 6.45) is 4.95. The lowest BCUT2D eigenvalue weighted by Gasteiger charge is -2.27. The van der Waals surface area contributed by atoms with Crippen molar-refractivity contribution in [2.45, 2.75) is 18.1 Å². The minimum atomic E-state index is -0.793. The van der Waals surface area contributed by atoms with Gasteiger partial charge in [0.25, 0.3) is 0 Å². The smallest absolute Gasteiger partial charge is 0.236 e. The van der Waals surface area contributed by atoms with E-state index < -0.39 is 18.1 Å². The van der Waals surface area contributed by atoms with Crippen molar-refractivity contribution in [1.82, 2.24) is 20.6 Å². The molecule has 7 nitrogen and oxygen atoms in total. The molecule has 0 spiro atoms. The van der Waals surface area contributed by atoms with Crippen molar-refractivity contribution in [2.24, 2.45) is 0 Å². The topological polar surface area (TPSA) is 107 Å². The van der Waals surface area contributed by atoms with E-state index in [0.29, 0.717) is 38.6 Å². The van der Waals surface area contributed by atoms with Crippen LogP contribution in [0.15, 0.2) is 55.3 Å². The molecule has 2 heterocycles. The average molecular weight is 437 g/mol. The quantitative estimate of drug-likeness (QED) is 0.426. The number of aromatic nitrogens is 2. The summed E-state index contributed by atoms with van der Waals surface area (Å²) in [6, 6.07) is 10.1. The molecule has 1 amide bonds. The second-order valence-electron chi connectivity index (χ2n) is 7.29. The van der Waals surface area contributed by atoms with Crippen LogP contribution in [-0.2, 0) is 4.79 Å². The van der Waals surface area contributed by atoms with Crippen LogP contribution >= 0.6 is 11.6 Å². The maximum Gasteiger partial charge on any atom is 0.236 e. The van der Waals surface area contributed by atoms with Gasteiger partial charge in [0, 0.05) is 29.4 Å². The van der Waals surface area contributed by atoms with Gasteiger partial charge in [-0.05, 0) is 35.4 Å². The molecule has 2 aromatic carbocycles. The maximum absolute atomic E-state index is 12.7. The van der Waals surface area contributed by atoms with Crippen LogP contribution < -0.4 is 10.6 Å². The first kappa shape index (κ1) is 21.0. The first-order chi connectivity index (χ1) is 15.0. The third-order valence-corrected chi connectivity index (χ3v) is 5.53. The summed E-state index contributed by atoms with van der Waals surface area (Å²) in [7, 11) is 0. The maximum atomic E-state index is 12.7. The Kier molecular flexibility index (Phi) is 5.99. The number of aliphatic hydroxyl groups excluding tert-OH is 1. The number of carbonyl (C=O) groups is 2. The molecule has 3 aromatic rings. The van der Waals surface area contributed by atoms with Gasteiger partial charge in [-0.1, -0.05) is 42.5 Å². The summed E-state index contributed by atoms with van der Waals surface area (Å²) in [6.45, 7) is 3.94. The number of aldehydes is 1. The lowest BCUT2D eigenvalue weighted by Crippen LogP contribution is -2.45. The van der Waals surface area contributed by atoms with Gasteiger partial charge < -0.3 is 20.7 Å². The predicted octanol–water partition coefficient (Wildman–Crippen LogP) is 3.09. The number of H-pyrrole nitrogens is 1.